The van der Waals surface area contributed by atoms with Crippen molar-refractivity contribution in [1.82, 2.24) is 15.0 Å². The second-order valence-corrected chi connectivity index (χ2v) is 4.84. The lowest BCUT2D eigenvalue weighted by Gasteiger charge is -2.23. The van der Waals surface area contributed by atoms with E-state index in [1.165, 1.54) is 0 Å². The quantitative estimate of drug-likeness (QED) is 0.846. The molecule has 0 amide bonds. The molecule has 0 atom stereocenters. The molecule has 0 bridgehead atoms. The van der Waals surface area contributed by atoms with E-state index >= 15 is 0 Å². The minimum atomic E-state index is 0.121. The lowest BCUT2D eigenvalue weighted by atomic mass is 10.2. The van der Waals surface area contributed by atoms with Crippen LogP contribution in [0.25, 0.3) is 11.4 Å². The molecule has 5 nitrogen and oxygen atoms in total. The van der Waals surface area contributed by atoms with E-state index in [9.17, 15) is 5.11 Å². The van der Waals surface area contributed by atoms with Crippen LogP contribution in [0.2, 0.25) is 0 Å². The van der Waals surface area contributed by atoms with Crippen LogP contribution < -0.4 is 4.90 Å². The minimum absolute atomic E-state index is 0.121. The number of aliphatic hydroxyl groups excluding tert-OH is 1. The van der Waals surface area contributed by atoms with E-state index in [1.807, 2.05) is 18.2 Å². The number of aryl methyl sites for hydroxylation is 1. The van der Waals surface area contributed by atoms with Gasteiger partial charge in [-0.25, -0.2) is 9.97 Å². The van der Waals surface area contributed by atoms with Gasteiger partial charge in [-0.15, -0.1) is 0 Å². The summed E-state index contributed by atoms with van der Waals surface area (Å²) in [5.74, 6) is 1.59. The molecule has 0 spiro atoms. The third-order valence-corrected chi connectivity index (χ3v) is 3.25. The number of pyridine rings is 1. The molecular weight excluding hydrogens is 264 g/mol. The molecule has 2 aromatic heterocycles. The standard InChI is InChI=1S/C16H22N4O/c1-3-9-20(10-11-21)15-12-14(4-2)18-16(19-15)13-5-7-17-8-6-13/h5-8,12,21H,3-4,9-11H2,1-2H3. The number of aliphatic hydroxyl groups is 1. The lowest BCUT2D eigenvalue weighted by molar-refractivity contribution is 0.301. The van der Waals surface area contributed by atoms with Crippen molar-refractivity contribution in [2.24, 2.45) is 0 Å². The van der Waals surface area contributed by atoms with Crippen LogP contribution in [0.1, 0.15) is 26.0 Å². The summed E-state index contributed by atoms with van der Waals surface area (Å²) in [7, 11) is 0. The molecule has 0 saturated carbocycles. The molecular formula is C16H22N4O. The zero-order valence-electron chi connectivity index (χ0n) is 12.7. The fourth-order valence-electron chi connectivity index (χ4n) is 2.19. The first-order valence-electron chi connectivity index (χ1n) is 7.42. The number of aromatic nitrogens is 3. The molecule has 5 heteroatoms. The van der Waals surface area contributed by atoms with Gasteiger partial charge in [0.1, 0.15) is 5.82 Å². The lowest BCUT2D eigenvalue weighted by Crippen LogP contribution is -2.28. The predicted octanol–water partition coefficient (Wildman–Crippen LogP) is 2.31. The summed E-state index contributed by atoms with van der Waals surface area (Å²) in [6, 6.07) is 5.83. The highest BCUT2D eigenvalue weighted by molar-refractivity contribution is 5.57. The SMILES string of the molecule is CCCN(CCO)c1cc(CC)nc(-c2ccncc2)n1. The maximum atomic E-state index is 9.24. The third-order valence-electron chi connectivity index (χ3n) is 3.25. The summed E-state index contributed by atoms with van der Waals surface area (Å²) in [5.41, 5.74) is 1.97. The Bertz CT molecular complexity index is 553. The number of anilines is 1. The Morgan fingerprint density at radius 2 is 1.86 bits per heavy atom. The fourth-order valence-corrected chi connectivity index (χ4v) is 2.19. The highest BCUT2D eigenvalue weighted by atomic mass is 16.3. The molecule has 0 aromatic carbocycles. The second kappa shape index (κ2) is 7.69. The van der Waals surface area contributed by atoms with Gasteiger partial charge in [-0.1, -0.05) is 13.8 Å². The summed E-state index contributed by atoms with van der Waals surface area (Å²) >= 11 is 0. The molecule has 0 aliphatic heterocycles. The van der Waals surface area contributed by atoms with E-state index < -0.39 is 0 Å². The van der Waals surface area contributed by atoms with Crippen molar-refractivity contribution in [3.8, 4) is 11.4 Å². The van der Waals surface area contributed by atoms with E-state index in [0.717, 1.165) is 36.5 Å². The molecule has 2 aromatic rings. The maximum Gasteiger partial charge on any atom is 0.161 e. The van der Waals surface area contributed by atoms with E-state index in [0.29, 0.717) is 12.4 Å². The van der Waals surface area contributed by atoms with E-state index in [-0.39, 0.29) is 6.61 Å². The molecule has 21 heavy (non-hydrogen) atoms. The number of hydrogen-bond donors (Lipinski definition) is 1. The average Bonchev–Trinajstić information content (AvgIpc) is 2.55. The zero-order chi connectivity index (χ0) is 15.1. The first-order chi connectivity index (χ1) is 10.3. The average molecular weight is 286 g/mol. The molecule has 2 rings (SSSR count). The summed E-state index contributed by atoms with van der Waals surface area (Å²) in [4.78, 5) is 15.4. The Morgan fingerprint density at radius 1 is 1.10 bits per heavy atom. The Hall–Kier alpha value is -2.01. The molecule has 0 unspecified atom stereocenters. The van der Waals surface area contributed by atoms with Crippen molar-refractivity contribution >= 4 is 5.82 Å². The molecule has 1 N–H and O–H groups in total. The monoisotopic (exact) mass is 286 g/mol. The normalized spacial score (nSPS) is 10.6. The first-order valence-corrected chi connectivity index (χ1v) is 7.42. The maximum absolute atomic E-state index is 9.24. The van der Waals surface area contributed by atoms with Gasteiger partial charge >= 0.3 is 0 Å². The van der Waals surface area contributed by atoms with Gasteiger partial charge in [0, 0.05) is 42.8 Å². The Balaban J connectivity index is 2.41. The highest BCUT2D eigenvalue weighted by Gasteiger charge is 2.11. The van der Waals surface area contributed by atoms with Crippen molar-refractivity contribution in [3.05, 3.63) is 36.3 Å². The third kappa shape index (κ3) is 3.98. The second-order valence-electron chi connectivity index (χ2n) is 4.84. The smallest absolute Gasteiger partial charge is 0.161 e. The van der Waals surface area contributed by atoms with Gasteiger partial charge in [0.25, 0.3) is 0 Å². The van der Waals surface area contributed by atoms with Crippen LogP contribution >= 0.6 is 0 Å². The summed E-state index contributed by atoms with van der Waals surface area (Å²) < 4.78 is 0. The van der Waals surface area contributed by atoms with Gasteiger partial charge in [-0.2, -0.15) is 0 Å². The van der Waals surface area contributed by atoms with Crippen LogP contribution in [0.3, 0.4) is 0 Å². The van der Waals surface area contributed by atoms with Gasteiger partial charge in [-0.05, 0) is 25.0 Å². The first kappa shape index (κ1) is 15.4. The van der Waals surface area contributed by atoms with E-state index in [1.54, 1.807) is 12.4 Å². The van der Waals surface area contributed by atoms with Gasteiger partial charge < -0.3 is 10.0 Å². The van der Waals surface area contributed by atoms with Crippen molar-refractivity contribution in [1.29, 1.82) is 0 Å². The number of hydrogen-bond acceptors (Lipinski definition) is 5. The Kier molecular flexibility index (Phi) is 5.63. The van der Waals surface area contributed by atoms with E-state index in [4.69, 9.17) is 0 Å². The summed E-state index contributed by atoms with van der Waals surface area (Å²) in [5, 5.41) is 9.24. The molecule has 0 aliphatic rings. The molecule has 0 radical (unpaired) electrons. The zero-order valence-corrected chi connectivity index (χ0v) is 12.7. The minimum Gasteiger partial charge on any atom is -0.395 e. The molecule has 2 heterocycles. The predicted molar refractivity (Wildman–Crippen MR) is 84.2 cm³/mol. The van der Waals surface area contributed by atoms with Crippen LogP contribution in [0, 0.1) is 0 Å². The largest absolute Gasteiger partial charge is 0.395 e. The molecule has 0 aliphatic carbocycles. The van der Waals surface area contributed by atoms with Gasteiger partial charge in [0.2, 0.25) is 0 Å². The number of nitrogens with zero attached hydrogens (tertiary/aromatic N) is 4. The summed E-state index contributed by atoms with van der Waals surface area (Å²) in [6.07, 6.45) is 5.35. The highest BCUT2D eigenvalue weighted by Crippen LogP contribution is 2.20. The Morgan fingerprint density at radius 3 is 2.48 bits per heavy atom. The van der Waals surface area contributed by atoms with Crippen molar-refractivity contribution < 1.29 is 5.11 Å². The van der Waals surface area contributed by atoms with Crippen LogP contribution in [0.4, 0.5) is 5.82 Å². The van der Waals surface area contributed by atoms with Gasteiger partial charge in [0.15, 0.2) is 5.82 Å². The van der Waals surface area contributed by atoms with Gasteiger partial charge in [-0.3, -0.25) is 4.98 Å². The van der Waals surface area contributed by atoms with Crippen molar-refractivity contribution in [2.75, 3.05) is 24.6 Å². The van der Waals surface area contributed by atoms with Crippen LogP contribution in [-0.4, -0.2) is 39.8 Å². The van der Waals surface area contributed by atoms with Gasteiger partial charge in [0.05, 0.1) is 6.61 Å². The van der Waals surface area contributed by atoms with Crippen molar-refractivity contribution in [3.63, 3.8) is 0 Å². The van der Waals surface area contributed by atoms with Crippen LogP contribution in [0.15, 0.2) is 30.6 Å². The fraction of sp³-hybridized carbons (Fsp3) is 0.438. The molecule has 0 saturated heterocycles. The Labute approximate surface area is 125 Å². The topological polar surface area (TPSA) is 62.1 Å². The molecule has 0 fully saturated rings. The van der Waals surface area contributed by atoms with E-state index in [2.05, 4.69) is 33.7 Å². The van der Waals surface area contributed by atoms with Crippen molar-refractivity contribution in [2.45, 2.75) is 26.7 Å². The number of rotatable bonds is 7. The van der Waals surface area contributed by atoms with Crippen LogP contribution in [-0.2, 0) is 6.42 Å². The summed E-state index contributed by atoms with van der Waals surface area (Å²) in [6.45, 7) is 5.78. The van der Waals surface area contributed by atoms with Crippen LogP contribution in [0.5, 0.6) is 0 Å². The molecule has 112 valence electrons.